The van der Waals surface area contributed by atoms with E-state index in [1.165, 1.54) is 19.3 Å². The predicted octanol–water partition coefficient (Wildman–Crippen LogP) is 1.26. The SMILES string of the molecule is CN(C)CCNC(=O)c1cccc(CNC(=O)NCCN2CCCCC2)c1. The second-order valence-electron chi connectivity index (χ2n) is 7.27. The summed E-state index contributed by atoms with van der Waals surface area (Å²) >= 11 is 0. The average molecular weight is 376 g/mol. The van der Waals surface area contributed by atoms with Crippen molar-refractivity contribution in [1.82, 2.24) is 25.8 Å². The molecule has 1 aliphatic rings. The Hall–Kier alpha value is -2.12. The molecule has 150 valence electrons. The van der Waals surface area contributed by atoms with Gasteiger partial charge in [0.25, 0.3) is 5.91 Å². The predicted molar refractivity (Wildman–Crippen MR) is 108 cm³/mol. The van der Waals surface area contributed by atoms with Gasteiger partial charge in [-0.05, 0) is 57.7 Å². The number of amides is 3. The van der Waals surface area contributed by atoms with Crippen molar-refractivity contribution >= 4 is 11.9 Å². The molecule has 1 fully saturated rings. The lowest BCUT2D eigenvalue weighted by molar-refractivity contribution is 0.0951. The highest BCUT2D eigenvalue weighted by Crippen LogP contribution is 2.07. The highest BCUT2D eigenvalue weighted by Gasteiger charge is 2.10. The zero-order chi connectivity index (χ0) is 19.5. The zero-order valence-electron chi connectivity index (χ0n) is 16.6. The van der Waals surface area contributed by atoms with Crippen LogP contribution in [0.1, 0.15) is 35.2 Å². The van der Waals surface area contributed by atoms with Gasteiger partial charge in [0.05, 0.1) is 0 Å². The van der Waals surface area contributed by atoms with Gasteiger partial charge in [-0.15, -0.1) is 0 Å². The molecule has 0 radical (unpaired) electrons. The fourth-order valence-corrected chi connectivity index (χ4v) is 3.07. The lowest BCUT2D eigenvalue weighted by Crippen LogP contribution is -2.41. The first-order valence-corrected chi connectivity index (χ1v) is 9.80. The van der Waals surface area contributed by atoms with E-state index < -0.39 is 0 Å². The van der Waals surface area contributed by atoms with Crippen LogP contribution in [-0.2, 0) is 6.54 Å². The third kappa shape index (κ3) is 8.41. The molecule has 0 unspecified atom stereocenters. The number of likely N-dealkylation sites (N-methyl/N-ethyl adjacent to an activating group) is 1. The smallest absolute Gasteiger partial charge is 0.315 e. The van der Waals surface area contributed by atoms with Gasteiger partial charge in [-0.1, -0.05) is 18.6 Å². The maximum Gasteiger partial charge on any atom is 0.315 e. The van der Waals surface area contributed by atoms with E-state index in [-0.39, 0.29) is 11.9 Å². The van der Waals surface area contributed by atoms with Crippen LogP contribution in [0.2, 0.25) is 0 Å². The summed E-state index contributed by atoms with van der Waals surface area (Å²) in [6.07, 6.45) is 3.83. The zero-order valence-corrected chi connectivity index (χ0v) is 16.6. The molecular formula is C20H33N5O2. The Morgan fingerprint density at radius 2 is 1.81 bits per heavy atom. The first kappa shape index (κ1) is 21.2. The maximum absolute atomic E-state index is 12.2. The molecule has 0 saturated carbocycles. The number of rotatable bonds is 9. The fraction of sp³-hybridized carbons (Fsp3) is 0.600. The maximum atomic E-state index is 12.2. The Kier molecular flexibility index (Phi) is 9.07. The number of carbonyl (C=O) groups excluding carboxylic acids is 2. The number of likely N-dealkylation sites (tertiary alicyclic amines) is 1. The van der Waals surface area contributed by atoms with E-state index in [9.17, 15) is 9.59 Å². The van der Waals surface area contributed by atoms with Gasteiger partial charge in [0.2, 0.25) is 0 Å². The van der Waals surface area contributed by atoms with Crippen LogP contribution >= 0.6 is 0 Å². The van der Waals surface area contributed by atoms with Crippen LogP contribution in [-0.4, -0.2) is 75.1 Å². The minimum absolute atomic E-state index is 0.0929. The molecule has 0 aromatic heterocycles. The summed E-state index contributed by atoms with van der Waals surface area (Å²) < 4.78 is 0. The summed E-state index contributed by atoms with van der Waals surface area (Å²) in [4.78, 5) is 28.5. The molecule has 7 heteroatoms. The van der Waals surface area contributed by atoms with Crippen LogP contribution in [0.5, 0.6) is 0 Å². The van der Waals surface area contributed by atoms with Gasteiger partial charge < -0.3 is 25.8 Å². The number of piperidine rings is 1. The van der Waals surface area contributed by atoms with Crippen LogP contribution in [0.4, 0.5) is 4.79 Å². The Bertz CT molecular complexity index is 600. The van der Waals surface area contributed by atoms with E-state index in [4.69, 9.17) is 0 Å². The Balaban J connectivity index is 1.68. The molecule has 1 aromatic rings. The molecular weight excluding hydrogens is 342 g/mol. The van der Waals surface area contributed by atoms with E-state index in [1.807, 2.05) is 37.2 Å². The van der Waals surface area contributed by atoms with E-state index >= 15 is 0 Å². The summed E-state index contributed by atoms with van der Waals surface area (Å²) in [7, 11) is 3.94. The number of nitrogens with zero attached hydrogens (tertiary/aromatic N) is 2. The first-order chi connectivity index (χ1) is 13.0. The fourth-order valence-electron chi connectivity index (χ4n) is 3.07. The topological polar surface area (TPSA) is 76.7 Å². The molecule has 0 bridgehead atoms. The molecule has 0 aliphatic carbocycles. The summed E-state index contributed by atoms with van der Waals surface area (Å²) in [5.41, 5.74) is 1.51. The first-order valence-electron chi connectivity index (χ1n) is 9.80. The summed E-state index contributed by atoms with van der Waals surface area (Å²) in [6, 6.07) is 7.18. The van der Waals surface area contributed by atoms with Crippen LogP contribution in [0.15, 0.2) is 24.3 Å². The van der Waals surface area contributed by atoms with Gasteiger partial charge in [0.1, 0.15) is 0 Å². The van der Waals surface area contributed by atoms with E-state index in [0.717, 1.165) is 31.7 Å². The van der Waals surface area contributed by atoms with Crippen molar-refractivity contribution in [2.24, 2.45) is 0 Å². The third-order valence-corrected chi connectivity index (χ3v) is 4.65. The quantitative estimate of drug-likeness (QED) is 0.607. The average Bonchev–Trinajstić information content (AvgIpc) is 2.67. The highest BCUT2D eigenvalue weighted by atomic mass is 16.2. The van der Waals surface area contributed by atoms with Crippen molar-refractivity contribution < 1.29 is 9.59 Å². The number of carbonyl (C=O) groups is 2. The van der Waals surface area contributed by atoms with E-state index in [2.05, 4.69) is 20.9 Å². The molecule has 3 N–H and O–H groups in total. The second-order valence-corrected chi connectivity index (χ2v) is 7.27. The van der Waals surface area contributed by atoms with Gasteiger partial charge >= 0.3 is 6.03 Å². The van der Waals surface area contributed by atoms with Gasteiger partial charge in [-0.25, -0.2) is 4.79 Å². The number of urea groups is 1. The normalized spacial score (nSPS) is 14.8. The molecule has 7 nitrogen and oxygen atoms in total. The molecule has 1 aliphatic heterocycles. The van der Waals surface area contributed by atoms with Crippen LogP contribution in [0.25, 0.3) is 0 Å². The monoisotopic (exact) mass is 375 g/mol. The molecule has 0 atom stereocenters. The highest BCUT2D eigenvalue weighted by molar-refractivity contribution is 5.94. The Morgan fingerprint density at radius 3 is 2.56 bits per heavy atom. The molecule has 0 spiro atoms. The standard InChI is InChI=1S/C20H33N5O2/c1-24(2)13-9-21-19(26)18-8-6-7-17(15-18)16-23-20(27)22-10-14-25-11-4-3-5-12-25/h6-8,15H,3-5,9-14,16H2,1-2H3,(H,21,26)(H2,22,23,27). The molecule has 27 heavy (non-hydrogen) atoms. The molecule has 1 aromatic carbocycles. The largest absolute Gasteiger partial charge is 0.351 e. The van der Waals surface area contributed by atoms with Gasteiger partial charge in [-0.2, -0.15) is 0 Å². The molecule has 3 amide bonds. The minimum Gasteiger partial charge on any atom is -0.351 e. The molecule has 1 heterocycles. The number of nitrogens with one attached hydrogen (secondary N) is 3. The Morgan fingerprint density at radius 1 is 1.04 bits per heavy atom. The molecule has 2 rings (SSSR count). The molecule has 1 saturated heterocycles. The number of hydrogen-bond acceptors (Lipinski definition) is 4. The van der Waals surface area contributed by atoms with Crippen molar-refractivity contribution in [2.45, 2.75) is 25.8 Å². The van der Waals surface area contributed by atoms with Crippen LogP contribution < -0.4 is 16.0 Å². The lowest BCUT2D eigenvalue weighted by atomic mass is 10.1. The van der Waals surface area contributed by atoms with Crippen molar-refractivity contribution in [3.63, 3.8) is 0 Å². The number of hydrogen-bond donors (Lipinski definition) is 3. The third-order valence-electron chi connectivity index (χ3n) is 4.65. The van der Waals surface area contributed by atoms with Crippen LogP contribution in [0.3, 0.4) is 0 Å². The summed E-state index contributed by atoms with van der Waals surface area (Å²) in [6.45, 7) is 5.61. The van der Waals surface area contributed by atoms with E-state index in [1.54, 1.807) is 6.07 Å². The summed E-state index contributed by atoms with van der Waals surface area (Å²) in [5.74, 6) is -0.0929. The van der Waals surface area contributed by atoms with Crippen molar-refractivity contribution in [3.05, 3.63) is 35.4 Å². The lowest BCUT2D eigenvalue weighted by Gasteiger charge is -2.26. The summed E-state index contributed by atoms with van der Waals surface area (Å²) in [5, 5.41) is 8.65. The van der Waals surface area contributed by atoms with Crippen LogP contribution in [0, 0.1) is 0 Å². The van der Waals surface area contributed by atoms with Crippen molar-refractivity contribution in [2.75, 3.05) is 53.4 Å². The van der Waals surface area contributed by atoms with E-state index in [0.29, 0.717) is 25.2 Å². The van der Waals surface area contributed by atoms with Gasteiger partial charge in [0, 0.05) is 38.3 Å². The second kappa shape index (κ2) is 11.6. The Labute approximate surface area is 162 Å². The van der Waals surface area contributed by atoms with Crippen molar-refractivity contribution in [1.29, 1.82) is 0 Å². The van der Waals surface area contributed by atoms with Crippen molar-refractivity contribution in [3.8, 4) is 0 Å². The van der Waals surface area contributed by atoms with Gasteiger partial charge in [0.15, 0.2) is 0 Å². The number of benzene rings is 1. The minimum atomic E-state index is -0.173. The van der Waals surface area contributed by atoms with Gasteiger partial charge in [-0.3, -0.25) is 4.79 Å².